The van der Waals surface area contributed by atoms with Crippen molar-refractivity contribution in [3.05, 3.63) is 90.0 Å². The summed E-state index contributed by atoms with van der Waals surface area (Å²) < 4.78 is 27.9. The van der Waals surface area contributed by atoms with E-state index in [1.54, 1.807) is 19.1 Å². The largest absolute Gasteiger partial charge is 0.328 e. The molecule has 1 aliphatic heterocycles. The third-order valence-electron chi connectivity index (χ3n) is 6.88. The van der Waals surface area contributed by atoms with Gasteiger partial charge in [-0.15, -0.1) is 0 Å². The number of hydrogen-bond acceptors (Lipinski definition) is 4. The maximum absolute atomic E-state index is 13.0. The molecule has 0 radical (unpaired) electrons. The highest BCUT2D eigenvalue weighted by Crippen LogP contribution is 2.32. The molecule has 1 fully saturated rings. The molecule has 0 bridgehead atoms. The molecule has 1 saturated heterocycles. The van der Waals surface area contributed by atoms with Crippen molar-refractivity contribution in [2.45, 2.75) is 56.4 Å². The summed E-state index contributed by atoms with van der Waals surface area (Å²) in [4.78, 5) is 27.6. The first-order chi connectivity index (χ1) is 16.9. The number of carbonyl (C=O) groups is 2. The van der Waals surface area contributed by atoms with Crippen LogP contribution in [0.25, 0.3) is 11.1 Å². The van der Waals surface area contributed by atoms with Gasteiger partial charge >= 0.3 is 0 Å². The van der Waals surface area contributed by atoms with Gasteiger partial charge in [0.05, 0.1) is 11.3 Å². The van der Waals surface area contributed by atoms with Crippen molar-refractivity contribution in [1.82, 2.24) is 9.62 Å². The minimum absolute atomic E-state index is 0.0168. The monoisotopic (exact) mass is 504 g/mol. The van der Waals surface area contributed by atoms with Crippen LogP contribution in [-0.4, -0.2) is 37.2 Å². The number of nitrogens with one attached hydrogen (secondary N) is 1. The van der Waals surface area contributed by atoms with Crippen molar-refractivity contribution < 1.29 is 18.0 Å². The average Bonchev–Trinajstić information content (AvgIpc) is 2.83. The lowest BCUT2D eigenvalue weighted by atomic mass is 9.85. The van der Waals surface area contributed by atoms with E-state index in [-0.39, 0.29) is 22.6 Å². The molecule has 2 amide bonds. The smallest absolute Gasteiger partial charge is 0.264 e. The zero-order valence-electron chi connectivity index (χ0n) is 21.1. The summed E-state index contributed by atoms with van der Waals surface area (Å²) in [6.07, 6.45) is 0.537. The van der Waals surface area contributed by atoms with Crippen LogP contribution in [0.1, 0.15) is 45.2 Å². The lowest BCUT2D eigenvalue weighted by molar-refractivity contribution is -0.156. The molecule has 36 heavy (non-hydrogen) atoms. The fourth-order valence-electron chi connectivity index (χ4n) is 4.34. The van der Waals surface area contributed by atoms with E-state index in [9.17, 15) is 18.0 Å². The fourth-order valence-corrected chi connectivity index (χ4v) is 5.41. The van der Waals surface area contributed by atoms with Gasteiger partial charge in [-0.1, -0.05) is 87.5 Å². The van der Waals surface area contributed by atoms with Crippen LogP contribution in [0.3, 0.4) is 0 Å². The first-order valence-corrected chi connectivity index (χ1v) is 13.5. The average molecular weight is 505 g/mol. The Morgan fingerprint density at radius 1 is 0.889 bits per heavy atom. The van der Waals surface area contributed by atoms with Gasteiger partial charge in [0, 0.05) is 6.54 Å². The summed E-state index contributed by atoms with van der Waals surface area (Å²) >= 11 is 0. The number of hydrogen-bond donors (Lipinski definition) is 1. The van der Waals surface area contributed by atoms with Crippen molar-refractivity contribution in [3.8, 4) is 11.1 Å². The highest BCUT2D eigenvalue weighted by molar-refractivity contribution is 7.90. The van der Waals surface area contributed by atoms with E-state index in [0.717, 1.165) is 22.3 Å². The molecule has 0 aromatic heterocycles. The maximum Gasteiger partial charge on any atom is 0.264 e. The second kappa shape index (κ2) is 9.54. The van der Waals surface area contributed by atoms with E-state index in [0.29, 0.717) is 13.0 Å². The third kappa shape index (κ3) is 5.21. The molecule has 1 atom stereocenters. The van der Waals surface area contributed by atoms with Crippen LogP contribution >= 0.6 is 0 Å². The van der Waals surface area contributed by atoms with Crippen LogP contribution < -0.4 is 4.72 Å². The molecule has 6 nitrogen and oxygen atoms in total. The lowest BCUT2D eigenvalue weighted by Crippen LogP contribution is -2.68. The molecular formula is C29H32N2O4S. The van der Waals surface area contributed by atoms with Gasteiger partial charge in [0.25, 0.3) is 15.9 Å². The standard InChI is InChI=1S/C29H32N2O4S/c1-28(2,3)24-14-16-25(17-15-24)36(34,35)30-27(33)29(4)18-19-31(29)26(32)20-21-10-12-23(13-11-21)22-8-6-5-7-9-22/h5-17H,18-20H2,1-4H3,(H,30,33). The Bertz CT molecular complexity index is 1360. The number of likely N-dealkylation sites (tertiary alicyclic amines) is 1. The zero-order chi connectivity index (χ0) is 26.1. The van der Waals surface area contributed by atoms with Gasteiger partial charge < -0.3 is 4.90 Å². The molecule has 3 aromatic carbocycles. The molecule has 3 aromatic rings. The molecular weight excluding hydrogens is 472 g/mol. The van der Waals surface area contributed by atoms with E-state index < -0.39 is 21.5 Å². The summed E-state index contributed by atoms with van der Waals surface area (Å²) in [5.74, 6) is -0.903. The van der Waals surface area contributed by atoms with Crippen molar-refractivity contribution in [1.29, 1.82) is 0 Å². The molecule has 4 rings (SSSR count). The van der Waals surface area contributed by atoms with E-state index in [1.807, 2.05) is 75.4 Å². The van der Waals surface area contributed by atoms with Gasteiger partial charge in [0.1, 0.15) is 5.54 Å². The number of rotatable bonds is 6. The topological polar surface area (TPSA) is 83.6 Å². The zero-order valence-corrected chi connectivity index (χ0v) is 21.9. The molecule has 1 unspecified atom stereocenters. The number of benzene rings is 3. The molecule has 1 aliphatic rings. The Labute approximate surface area is 213 Å². The SMILES string of the molecule is CC(C)(C)c1ccc(S(=O)(=O)NC(=O)C2(C)CCN2C(=O)Cc2ccc(-c3ccccc3)cc2)cc1. The minimum Gasteiger partial charge on any atom is -0.328 e. The van der Waals surface area contributed by atoms with Gasteiger partial charge in [-0.25, -0.2) is 13.1 Å². The first kappa shape index (κ1) is 25.6. The molecule has 0 aliphatic carbocycles. The Morgan fingerprint density at radius 2 is 1.47 bits per heavy atom. The van der Waals surface area contributed by atoms with Crippen LogP contribution in [0, 0.1) is 0 Å². The Morgan fingerprint density at radius 3 is 2.00 bits per heavy atom. The van der Waals surface area contributed by atoms with Crippen LogP contribution in [0.4, 0.5) is 0 Å². The molecule has 1 heterocycles. The third-order valence-corrected chi connectivity index (χ3v) is 8.23. The number of nitrogens with zero attached hydrogens (tertiary/aromatic N) is 1. The Kier molecular flexibility index (Phi) is 6.80. The van der Waals surface area contributed by atoms with Gasteiger partial charge in [0.15, 0.2) is 0 Å². The van der Waals surface area contributed by atoms with E-state index in [4.69, 9.17) is 0 Å². The summed E-state index contributed by atoms with van der Waals surface area (Å²) in [5.41, 5.74) is 2.65. The van der Waals surface area contributed by atoms with Gasteiger partial charge in [-0.2, -0.15) is 0 Å². The van der Waals surface area contributed by atoms with Gasteiger partial charge in [-0.3, -0.25) is 9.59 Å². The lowest BCUT2D eigenvalue weighted by Gasteiger charge is -2.49. The molecule has 188 valence electrons. The first-order valence-electron chi connectivity index (χ1n) is 12.0. The minimum atomic E-state index is -4.06. The molecule has 0 saturated carbocycles. The van der Waals surface area contributed by atoms with Crippen LogP contribution in [-0.2, 0) is 31.4 Å². The summed E-state index contributed by atoms with van der Waals surface area (Å²) in [5, 5.41) is 0. The van der Waals surface area contributed by atoms with Crippen molar-refractivity contribution in [2.75, 3.05) is 6.54 Å². The van der Waals surface area contributed by atoms with Gasteiger partial charge in [0.2, 0.25) is 5.91 Å². The van der Waals surface area contributed by atoms with Gasteiger partial charge in [-0.05, 0) is 53.1 Å². The highest BCUT2D eigenvalue weighted by atomic mass is 32.2. The van der Waals surface area contributed by atoms with Crippen molar-refractivity contribution in [2.24, 2.45) is 0 Å². The van der Waals surface area contributed by atoms with Crippen LogP contribution in [0.2, 0.25) is 0 Å². The van der Waals surface area contributed by atoms with Crippen molar-refractivity contribution >= 4 is 21.8 Å². The summed E-state index contributed by atoms with van der Waals surface area (Å²) in [7, 11) is -4.06. The predicted octanol–water partition coefficient (Wildman–Crippen LogP) is 4.69. The number of amides is 2. The molecule has 0 spiro atoms. The van der Waals surface area contributed by atoms with E-state index in [1.165, 1.54) is 17.0 Å². The fraction of sp³-hybridized carbons (Fsp3) is 0.310. The van der Waals surface area contributed by atoms with Crippen LogP contribution in [0.15, 0.2) is 83.8 Å². The normalized spacial score (nSPS) is 17.8. The number of sulfonamides is 1. The van der Waals surface area contributed by atoms with Crippen LogP contribution in [0.5, 0.6) is 0 Å². The second-order valence-corrected chi connectivity index (χ2v) is 12.2. The quantitative estimate of drug-likeness (QED) is 0.528. The Hall–Kier alpha value is -3.45. The predicted molar refractivity (Wildman–Crippen MR) is 141 cm³/mol. The summed E-state index contributed by atoms with van der Waals surface area (Å²) in [6, 6.07) is 24.2. The van der Waals surface area contributed by atoms with E-state index in [2.05, 4.69) is 4.72 Å². The highest BCUT2D eigenvalue weighted by Gasteiger charge is 2.50. The second-order valence-electron chi connectivity index (χ2n) is 10.5. The number of carbonyl (C=O) groups excluding carboxylic acids is 2. The van der Waals surface area contributed by atoms with E-state index >= 15 is 0 Å². The summed E-state index contributed by atoms with van der Waals surface area (Å²) in [6.45, 7) is 8.14. The van der Waals surface area contributed by atoms with Crippen molar-refractivity contribution in [3.63, 3.8) is 0 Å². The molecule has 7 heteroatoms. The molecule has 1 N–H and O–H groups in total. The Balaban J connectivity index is 1.42. The maximum atomic E-state index is 13.0.